The Hall–Kier alpha value is -2.44. The van der Waals surface area contributed by atoms with E-state index in [0.717, 1.165) is 33.5 Å². The van der Waals surface area contributed by atoms with Crippen LogP contribution >= 0.6 is 0 Å². The second-order valence-corrected chi connectivity index (χ2v) is 6.30. The predicted molar refractivity (Wildman–Crippen MR) is 94.6 cm³/mol. The zero-order chi connectivity index (χ0) is 17.2. The molecule has 3 aromatic rings. The third-order valence-corrected chi connectivity index (χ3v) is 4.32. The Morgan fingerprint density at radius 1 is 1.12 bits per heavy atom. The number of rotatable bonds is 0. The molecule has 0 aliphatic carbocycles. The maximum absolute atomic E-state index is 5.97. The molecule has 2 atom stereocenters. The Bertz CT molecular complexity index is 877. The van der Waals surface area contributed by atoms with Crippen LogP contribution in [-0.2, 0) is 9.47 Å². The highest BCUT2D eigenvalue weighted by molar-refractivity contribution is 5.93. The van der Waals surface area contributed by atoms with E-state index in [0.29, 0.717) is 19.8 Å². The van der Waals surface area contributed by atoms with Gasteiger partial charge in [0.15, 0.2) is 0 Å². The van der Waals surface area contributed by atoms with E-state index in [4.69, 9.17) is 14.2 Å². The number of hydrogen-bond acceptors (Lipinski definition) is 5. The van der Waals surface area contributed by atoms with E-state index >= 15 is 0 Å². The van der Waals surface area contributed by atoms with Gasteiger partial charge in [0, 0.05) is 23.3 Å². The van der Waals surface area contributed by atoms with Crippen LogP contribution in [0.15, 0.2) is 36.7 Å². The molecule has 2 aromatic heterocycles. The number of fused-ring (bicyclic) bond motifs is 4. The fraction of sp³-hybridized carbons (Fsp3) is 0.368. The molecule has 4 rings (SSSR count). The average molecular weight is 339 g/mol. The highest BCUT2D eigenvalue weighted by Gasteiger charge is 2.14. The molecule has 1 aromatic carbocycles. The lowest BCUT2D eigenvalue weighted by molar-refractivity contribution is -0.00706. The van der Waals surface area contributed by atoms with Gasteiger partial charge < -0.3 is 14.2 Å². The third kappa shape index (κ3) is 3.36. The quantitative estimate of drug-likeness (QED) is 0.679. The molecule has 1 aliphatic heterocycles. The SMILES string of the molecule is CC1COCCOC(C)c2cncc(c2)-c2n[nH]c3ccc(cc23)O1. The molecule has 0 spiro atoms. The van der Waals surface area contributed by atoms with Crippen molar-refractivity contribution in [2.45, 2.75) is 26.1 Å². The summed E-state index contributed by atoms with van der Waals surface area (Å²) < 4.78 is 17.5. The minimum Gasteiger partial charge on any atom is -0.488 e. The van der Waals surface area contributed by atoms with E-state index in [9.17, 15) is 0 Å². The maximum atomic E-state index is 5.97. The summed E-state index contributed by atoms with van der Waals surface area (Å²) in [5.41, 5.74) is 3.80. The van der Waals surface area contributed by atoms with Crippen molar-refractivity contribution in [3.63, 3.8) is 0 Å². The second-order valence-electron chi connectivity index (χ2n) is 6.30. The summed E-state index contributed by atoms with van der Waals surface area (Å²) >= 11 is 0. The predicted octanol–water partition coefficient (Wildman–Crippen LogP) is 3.50. The number of nitrogens with one attached hydrogen (secondary N) is 1. The van der Waals surface area contributed by atoms with Gasteiger partial charge in [-0.3, -0.25) is 10.1 Å². The summed E-state index contributed by atoms with van der Waals surface area (Å²) in [4.78, 5) is 4.37. The molecular weight excluding hydrogens is 318 g/mol. The van der Waals surface area contributed by atoms with Crippen LogP contribution in [0, 0.1) is 0 Å². The molecule has 4 bridgehead atoms. The molecule has 0 radical (unpaired) electrons. The van der Waals surface area contributed by atoms with Crippen molar-refractivity contribution in [3.05, 3.63) is 42.2 Å². The number of benzene rings is 1. The van der Waals surface area contributed by atoms with E-state index in [-0.39, 0.29) is 12.2 Å². The first-order valence-electron chi connectivity index (χ1n) is 8.50. The fourth-order valence-electron chi connectivity index (χ4n) is 2.99. The van der Waals surface area contributed by atoms with Crippen molar-refractivity contribution in [2.75, 3.05) is 19.8 Å². The van der Waals surface area contributed by atoms with Crippen LogP contribution in [0.4, 0.5) is 0 Å². The van der Waals surface area contributed by atoms with E-state index < -0.39 is 0 Å². The number of H-pyrrole nitrogens is 1. The number of nitrogens with zero attached hydrogens (tertiary/aromatic N) is 2. The first-order valence-corrected chi connectivity index (χ1v) is 8.50. The van der Waals surface area contributed by atoms with Gasteiger partial charge in [-0.1, -0.05) is 0 Å². The number of aromatic nitrogens is 3. The summed E-state index contributed by atoms with van der Waals surface area (Å²) in [6.07, 6.45) is 3.55. The lowest BCUT2D eigenvalue weighted by Gasteiger charge is -2.16. The third-order valence-electron chi connectivity index (χ3n) is 4.32. The number of hydrogen-bond donors (Lipinski definition) is 1. The number of pyridine rings is 1. The Labute approximate surface area is 146 Å². The van der Waals surface area contributed by atoms with Crippen molar-refractivity contribution in [3.8, 4) is 17.0 Å². The minimum absolute atomic E-state index is 0.0435. The van der Waals surface area contributed by atoms with Gasteiger partial charge >= 0.3 is 0 Å². The molecule has 0 saturated heterocycles. The van der Waals surface area contributed by atoms with Crippen LogP contribution in [0.2, 0.25) is 0 Å². The summed E-state index contributed by atoms with van der Waals surface area (Å²) in [7, 11) is 0. The second kappa shape index (κ2) is 6.82. The summed E-state index contributed by atoms with van der Waals surface area (Å²) in [5.74, 6) is 0.801. The number of aromatic amines is 1. The van der Waals surface area contributed by atoms with E-state index in [1.165, 1.54) is 0 Å². The molecule has 130 valence electrons. The molecule has 6 heteroatoms. The average Bonchev–Trinajstić information content (AvgIpc) is 3.04. The van der Waals surface area contributed by atoms with E-state index in [2.05, 4.69) is 21.2 Å². The Morgan fingerprint density at radius 2 is 2.04 bits per heavy atom. The molecule has 2 unspecified atom stereocenters. The summed E-state index contributed by atoms with van der Waals surface area (Å²) in [6, 6.07) is 8.01. The van der Waals surface area contributed by atoms with Crippen LogP contribution in [0.1, 0.15) is 25.5 Å². The normalized spacial score (nSPS) is 21.5. The van der Waals surface area contributed by atoms with E-state index in [1.807, 2.05) is 44.4 Å². The first-order chi connectivity index (χ1) is 12.2. The van der Waals surface area contributed by atoms with Crippen LogP contribution in [0.5, 0.6) is 5.75 Å². The van der Waals surface area contributed by atoms with Gasteiger partial charge in [-0.05, 0) is 43.7 Å². The van der Waals surface area contributed by atoms with Crippen LogP contribution < -0.4 is 4.74 Å². The highest BCUT2D eigenvalue weighted by atomic mass is 16.6. The summed E-state index contributed by atoms with van der Waals surface area (Å²) in [6.45, 7) is 5.59. The van der Waals surface area contributed by atoms with Gasteiger partial charge in [0.1, 0.15) is 17.5 Å². The van der Waals surface area contributed by atoms with Gasteiger partial charge in [-0.25, -0.2) is 0 Å². The minimum atomic E-state index is -0.0596. The molecular formula is C19H21N3O3. The van der Waals surface area contributed by atoms with Crippen LogP contribution in [0.25, 0.3) is 22.2 Å². The lowest BCUT2D eigenvalue weighted by atomic mass is 10.1. The van der Waals surface area contributed by atoms with Gasteiger partial charge in [0.05, 0.1) is 31.4 Å². The molecule has 25 heavy (non-hydrogen) atoms. The molecule has 6 nitrogen and oxygen atoms in total. The van der Waals surface area contributed by atoms with Gasteiger partial charge in [0.2, 0.25) is 0 Å². The van der Waals surface area contributed by atoms with Crippen molar-refractivity contribution in [1.82, 2.24) is 15.2 Å². The lowest BCUT2D eigenvalue weighted by Crippen LogP contribution is -2.20. The smallest absolute Gasteiger partial charge is 0.120 e. The number of ether oxygens (including phenoxy) is 3. The zero-order valence-corrected chi connectivity index (χ0v) is 14.4. The molecule has 1 N–H and O–H groups in total. The zero-order valence-electron chi connectivity index (χ0n) is 14.4. The Kier molecular flexibility index (Phi) is 4.38. The first kappa shape index (κ1) is 16.1. The Balaban J connectivity index is 1.81. The fourth-order valence-corrected chi connectivity index (χ4v) is 2.99. The van der Waals surface area contributed by atoms with E-state index in [1.54, 1.807) is 0 Å². The van der Waals surface area contributed by atoms with Gasteiger partial charge in [-0.2, -0.15) is 5.10 Å². The van der Waals surface area contributed by atoms with Gasteiger partial charge in [0.25, 0.3) is 0 Å². The Morgan fingerprint density at radius 3 is 2.96 bits per heavy atom. The highest BCUT2D eigenvalue weighted by Crippen LogP contribution is 2.31. The van der Waals surface area contributed by atoms with Crippen molar-refractivity contribution >= 4 is 10.9 Å². The maximum Gasteiger partial charge on any atom is 0.120 e. The van der Waals surface area contributed by atoms with Crippen molar-refractivity contribution in [2.24, 2.45) is 0 Å². The molecule has 0 saturated carbocycles. The molecule has 0 amide bonds. The topological polar surface area (TPSA) is 69.3 Å². The molecule has 1 aliphatic rings. The monoisotopic (exact) mass is 339 g/mol. The van der Waals surface area contributed by atoms with Crippen molar-refractivity contribution in [1.29, 1.82) is 0 Å². The molecule has 0 fully saturated rings. The summed E-state index contributed by atoms with van der Waals surface area (Å²) in [5, 5.41) is 8.56. The van der Waals surface area contributed by atoms with Crippen LogP contribution in [0.3, 0.4) is 0 Å². The standard InChI is InChI=1S/C19H21N3O3/c1-12-11-23-5-6-24-13(2)14-7-15(10-20-9-14)19-17-8-16(25-12)3-4-18(17)21-22-19/h3-4,7-10,12-13H,5-6,11H2,1-2H3,(H,21,22). The van der Waals surface area contributed by atoms with Crippen molar-refractivity contribution < 1.29 is 14.2 Å². The van der Waals surface area contributed by atoms with Gasteiger partial charge in [-0.15, -0.1) is 0 Å². The van der Waals surface area contributed by atoms with Crippen LogP contribution in [-0.4, -0.2) is 41.1 Å². The molecule has 3 heterocycles. The largest absolute Gasteiger partial charge is 0.488 e.